The van der Waals surface area contributed by atoms with Crippen molar-refractivity contribution >= 4 is 29.1 Å². The van der Waals surface area contributed by atoms with Crippen LogP contribution in [0.25, 0.3) is 0 Å². The molecule has 0 spiro atoms. The van der Waals surface area contributed by atoms with Gasteiger partial charge in [0.05, 0.1) is 25.7 Å². The van der Waals surface area contributed by atoms with Crippen LogP contribution in [0.5, 0.6) is 11.5 Å². The van der Waals surface area contributed by atoms with Gasteiger partial charge < -0.3 is 14.8 Å². The molecule has 0 saturated carbocycles. The Morgan fingerprint density at radius 2 is 2.05 bits per heavy atom. The number of hydrogen-bond acceptors (Lipinski definition) is 6. The lowest BCUT2D eigenvalue weighted by Gasteiger charge is -2.07. The predicted molar refractivity (Wildman–Crippen MR) is 79.8 cm³/mol. The fourth-order valence-electron chi connectivity index (χ4n) is 1.59. The van der Waals surface area contributed by atoms with Gasteiger partial charge in [0.25, 0.3) is 0 Å². The molecule has 1 aromatic carbocycles. The van der Waals surface area contributed by atoms with Crippen molar-refractivity contribution in [3.8, 4) is 11.5 Å². The maximum atomic E-state index is 11.3. The molecule has 0 bridgehead atoms. The Hall–Kier alpha value is -2.02. The highest BCUT2D eigenvalue weighted by atomic mass is 32.2. The second-order valence-electron chi connectivity index (χ2n) is 4.01. The van der Waals surface area contributed by atoms with Crippen molar-refractivity contribution in [3.05, 3.63) is 23.8 Å². The van der Waals surface area contributed by atoms with Crippen LogP contribution in [0.15, 0.2) is 28.4 Å². The van der Waals surface area contributed by atoms with Gasteiger partial charge in [-0.25, -0.2) is 0 Å². The van der Waals surface area contributed by atoms with Gasteiger partial charge in [-0.15, -0.1) is 5.10 Å². The van der Waals surface area contributed by atoms with E-state index in [2.05, 4.69) is 15.5 Å². The van der Waals surface area contributed by atoms with Crippen molar-refractivity contribution < 1.29 is 14.3 Å². The van der Waals surface area contributed by atoms with Gasteiger partial charge in [0.15, 0.2) is 16.7 Å². The van der Waals surface area contributed by atoms with Gasteiger partial charge in [0.1, 0.15) is 0 Å². The van der Waals surface area contributed by atoms with E-state index in [0.717, 1.165) is 5.56 Å². The van der Waals surface area contributed by atoms with Crippen molar-refractivity contribution in [3.63, 3.8) is 0 Å². The first kappa shape index (κ1) is 14.4. The number of amides is 1. The highest BCUT2D eigenvalue weighted by Gasteiger charge is 2.25. The third-order valence-corrected chi connectivity index (χ3v) is 3.63. The molecule has 1 aromatic rings. The minimum atomic E-state index is -0.120. The van der Waals surface area contributed by atoms with E-state index in [4.69, 9.17) is 9.47 Å². The zero-order chi connectivity index (χ0) is 14.5. The second-order valence-corrected chi connectivity index (χ2v) is 5.34. The Labute approximate surface area is 121 Å². The van der Waals surface area contributed by atoms with Gasteiger partial charge in [-0.3, -0.25) is 4.79 Å². The average Bonchev–Trinajstić information content (AvgIpc) is 2.77. The van der Waals surface area contributed by atoms with E-state index in [-0.39, 0.29) is 11.2 Å². The van der Waals surface area contributed by atoms with Crippen LogP contribution in [0, 0.1) is 0 Å². The average molecular weight is 293 g/mol. The number of carbonyl (C=O) groups excluding carboxylic acids is 1. The van der Waals surface area contributed by atoms with Crippen LogP contribution >= 0.6 is 11.8 Å². The van der Waals surface area contributed by atoms with Gasteiger partial charge in [0.2, 0.25) is 5.91 Å². The smallest absolute Gasteiger partial charge is 0.239 e. The van der Waals surface area contributed by atoms with Crippen LogP contribution < -0.4 is 14.8 Å². The normalized spacial score (nSPS) is 20.4. The molecule has 1 aliphatic heterocycles. The first-order valence-electron chi connectivity index (χ1n) is 5.94. The number of nitrogens with one attached hydrogen (secondary N) is 1. The summed E-state index contributed by atoms with van der Waals surface area (Å²) in [6.07, 6.45) is 1.59. The molecule has 0 aliphatic carbocycles. The topological polar surface area (TPSA) is 72.3 Å². The SMILES string of the molecule is COc1ccc(C=NN=C2NC(=O)[C@@H](C)S2)cc1OC. The lowest BCUT2D eigenvalue weighted by atomic mass is 10.2. The quantitative estimate of drug-likeness (QED) is 0.676. The molecule has 1 atom stereocenters. The molecular formula is C13H15N3O3S. The first-order chi connectivity index (χ1) is 9.63. The van der Waals surface area contributed by atoms with Gasteiger partial charge in [-0.2, -0.15) is 5.10 Å². The fraction of sp³-hybridized carbons (Fsp3) is 0.308. The number of hydrogen-bond donors (Lipinski definition) is 1. The van der Waals surface area contributed by atoms with E-state index in [1.165, 1.54) is 11.8 Å². The molecule has 2 rings (SSSR count). The minimum Gasteiger partial charge on any atom is -0.493 e. The van der Waals surface area contributed by atoms with Crippen molar-refractivity contribution in [2.24, 2.45) is 10.2 Å². The largest absolute Gasteiger partial charge is 0.493 e. The molecule has 20 heavy (non-hydrogen) atoms. The summed E-state index contributed by atoms with van der Waals surface area (Å²) in [5.74, 6) is 1.24. The number of benzene rings is 1. The lowest BCUT2D eigenvalue weighted by Crippen LogP contribution is -2.23. The number of carbonyl (C=O) groups is 1. The van der Waals surface area contributed by atoms with Gasteiger partial charge in [-0.1, -0.05) is 11.8 Å². The Bertz CT molecular complexity index is 572. The lowest BCUT2D eigenvalue weighted by molar-refractivity contribution is -0.118. The number of methoxy groups -OCH3 is 2. The van der Waals surface area contributed by atoms with Gasteiger partial charge in [-0.05, 0) is 30.7 Å². The van der Waals surface area contributed by atoms with Crippen LogP contribution in [-0.4, -0.2) is 36.8 Å². The summed E-state index contributed by atoms with van der Waals surface area (Å²) < 4.78 is 10.4. The molecule has 1 amide bonds. The van der Waals surface area contributed by atoms with E-state index in [1.54, 1.807) is 32.6 Å². The van der Waals surface area contributed by atoms with Crippen LogP contribution in [0.2, 0.25) is 0 Å². The maximum absolute atomic E-state index is 11.3. The Morgan fingerprint density at radius 1 is 1.30 bits per heavy atom. The Kier molecular flexibility index (Phi) is 4.62. The molecule has 1 aliphatic rings. The minimum absolute atomic E-state index is 0.0462. The van der Waals surface area contributed by atoms with E-state index >= 15 is 0 Å². The van der Waals surface area contributed by atoms with Crippen molar-refractivity contribution in [2.45, 2.75) is 12.2 Å². The molecule has 106 valence electrons. The second kappa shape index (κ2) is 6.42. The number of rotatable bonds is 4. The molecular weight excluding hydrogens is 278 g/mol. The zero-order valence-corrected chi connectivity index (χ0v) is 12.2. The van der Waals surface area contributed by atoms with E-state index in [9.17, 15) is 4.79 Å². The highest BCUT2D eigenvalue weighted by Crippen LogP contribution is 2.26. The summed E-state index contributed by atoms with van der Waals surface area (Å²) in [5, 5.41) is 11.0. The number of ether oxygens (including phenoxy) is 2. The standard InChI is InChI=1S/C13H15N3O3S/c1-8-12(17)15-13(20-8)16-14-7-9-4-5-10(18-2)11(6-9)19-3/h4-8H,1-3H3,(H,15,16,17)/t8-/m1/s1. The molecule has 1 saturated heterocycles. The predicted octanol–water partition coefficient (Wildman–Crippen LogP) is 1.65. The van der Waals surface area contributed by atoms with Crippen molar-refractivity contribution in [1.29, 1.82) is 0 Å². The van der Waals surface area contributed by atoms with Gasteiger partial charge in [0, 0.05) is 0 Å². The zero-order valence-electron chi connectivity index (χ0n) is 11.4. The number of amidine groups is 1. The van der Waals surface area contributed by atoms with Crippen LogP contribution in [0.3, 0.4) is 0 Å². The monoisotopic (exact) mass is 293 g/mol. The molecule has 7 heteroatoms. The number of nitrogens with zero attached hydrogens (tertiary/aromatic N) is 2. The van der Waals surface area contributed by atoms with Gasteiger partial charge >= 0.3 is 0 Å². The maximum Gasteiger partial charge on any atom is 0.239 e. The fourth-order valence-corrected chi connectivity index (χ4v) is 2.34. The summed E-state index contributed by atoms with van der Waals surface area (Å²) in [7, 11) is 3.16. The summed E-state index contributed by atoms with van der Waals surface area (Å²) in [6.45, 7) is 1.82. The Morgan fingerprint density at radius 3 is 2.65 bits per heavy atom. The molecule has 1 heterocycles. The van der Waals surface area contributed by atoms with E-state index < -0.39 is 0 Å². The summed E-state index contributed by atoms with van der Waals surface area (Å²) in [5.41, 5.74) is 0.828. The van der Waals surface area contributed by atoms with Crippen LogP contribution in [-0.2, 0) is 4.79 Å². The molecule has 0 unspecified atom stereocenters. The highest BCUT2D eigenvalue weighted by molar-refractivity contribution is 8.15. The van der Waals surface area contributed by atoms with E-state index in [1.807, 2.05) is 13.0 Å². The number of thioether (sulfide) groups is 1. The molecule has 6 nitrogen and oxygen atoms in total. The molecule has 1 fully saturated rings. The molecule has 1 N–H and O–H groups in total. The van der Waals surface area contributed by atoms with Crippen molar-refractivity contribution in [2.75, 3.05) is 14.2 Å². The van der Waals surface area contributed by atoms with E-state index in [0.29, 0.717) is 16.7 Å². The first-order valence-corrected chi connectivity index (χ1v) is 6.82. The Balaban J connectivity index is 2.08. The molecule has 0 aromatic heterocycles. The summed E-state index contributed by atoms with van der Waals surface area (Å²) in [4.78, 5) is 11.3. The van der Waals surface area contributed by atoms with Crippen LogP contribution in [0.1, 0.15) is 12.5 Å². The van der Waals surface area contributed by atoms with Crippen LogP contribution in [0.4, 0.5) is 0 Å². The summed E-state index contributed by atoms with van der Waals surface area (Å²) >= 11 is 1.35. The molecule has 0 radical (unpaired) electrons. The third kappa shape index (κ3) is 3.30. The third-order valence-electron chi connectivity index (χ3n) is 2.65. The van der Waals surface area contributed by atoms with Crippen molar-refractivity contribution in [1.82, 2.24) is 5.32 Å². The summed E-state index contributed by atoms with van der Waals surface area (Å²) in [6, 6.07) is 5.43.